The van der Waals surface area contributed by atoms with Crippen LogP contribution in [0.1, 0.15) is 11.5 Å². The van der Waals surface area contributed by atoms with Crippen LogP contribution in [0.2, 0.25) is 0 Å². The van der Waals surface area contributed by atoms with Gasteiger partial charge in [0.25, 0.3) is 0 Å². The number of rotatable bonds is 4. The summed E-state index contributed by atoms with van der Waals surface area (Å²) in [7, 11) is 1.65. The Hall–Kier alpha value is -2.03. The molecule has 0 fully saturated rings. The van der Waals surface area contributed by atoms with E-state index in [0.717, 1.165) is 29.2 Å². The molecule has 0 N–H and O–H groups in total. The van der Waals surface area contributed by atoms with Gasteiger partial charge in [0.1, 0.15) is 11.5 Å². The second kappa shape index (κ2) is 4.87. The summed E-state index contributed by atoms with van der Waals surface area (Å²) in [5.41, 5.74) is 1.88. The van der Waals surface area contributed by atoms with Crippen molar-refractivity contribution in [3.8, 4) is 17.2 Å². The van der Waals surface area contributed by atoms with Crippen molar-refractivity contribution in [1.29, 1.82) is 0 Å². The highest BCUT2D eigenvalue weighted by atomic mass is 16.5. The molecule has 0 saturated heterocycles. The molecule has 1 heterocycles. The van der Waals surface area contributed by atoms with Crippen molar-refractivity contribution in [1.82, 2.24) is 4.98 Å². The van der Waals surface area contributed by atoms with Gasteiger partial charge in [-0.25, -0.2) is 4.98 Å². The first kappa shape index (κ1) is 11.5. The number of methoxy groups -OCH3 is 1. The van der Waals surface area contributed by atoms with E-state index in [1.54, 1.807) is 7.11 Å². The summed E-state index contributed by atoms with van der Waals surface area (Å²) in [6.45, 7) is 5.62. The fourth-order valence-corrected chi connectivity index (χ4v) is 1.61. The fraction of sp³-hybridized carbons (Fsp3) is 0.214. The van der Waals surface area contributed by atoms with Crippen molar-refractivity contribution < 1.29 is 9.15 Å². The molecule has 0 amide bonds. The molecular weight excluding hydrogens is 214 g/mol. The highest BCUT2D eigenvalue weighted by molar-refractivity contribution is 5.55. The number of ether oxygens (including phenoxy) is 1. The van der Waals surface area contributed by atoms with Crippen LogP contribution in [0.3, 0.4) is 0 Å². The van der Waals surface area contributed by atoms with Crippen LogP contribution < -0.4 is 4.74 Å². The number of hydrogen-bond donors (Lipinski definition) is 0. The summed E-state index contributed by atoms with van der Waals surface area (Å²) in [5.74, 6) is 2.31. The molecule has 3 heteroatoms. The van der Waals surface area contributed by atoms with Crippen LogP contribution in [-0.2, 0) is 6.42 Å². The van der Waals surface area contributed by atoms with Gasteiger partial charge < -0.3 is 9.15 Å². The van der Waals surface area contributed by atoms with Crippen molar-refractivity contribution in [2.24, 2.45) is 0 Å². The van der Waals surface area contributed by atoms with Crippen LogP contribution in [0.15, 0.2) is 41.3 Å². The molecule has 0 atom stereocenters. The summed E-state index contributed by atoms with van der Waals surface area (Å²) in [6, 6.07) is 7.65. The van der Waals surface area contributed by atoms with E-state index in [9.17, 15) is 0 Å². The molecule has 0 saturated carbocycles. The van der Waals surface area contributed by atoms with Crippen molar-refractivity contribution >= 4 is 0 Å². The van der Waals surface area contributed by atoms with Crippen LogP contribution in [0.5, 0.6) is 5.75 Å². The molecule has 1 aromatic carbocycles. The van der Waals surface area contributed by atoms with Crippen LogP contribution in [0.25, 0.3) is 11.5 Å². The lowest BCUT2D eigenvalue weighted by molar-refractivity contribution is 0.415. The number of benzene rings is 1. The van der Waals surface area contributed by atoms with Crippen LogP contribution in [-0.4, -0.2) is 12.1 Å². The molecule has 0 aliphatic heterocycles. The Labute approximate surface area is 101 Å². The Bertz CT molecular complexity index is 512. The molecule has 0 aliphatic rings. The Morgan fingerprint density at radius 2 is 2.06 bits per heavy atom. The molecule has 0 unspecified atom stereocenters. The first-order chi connectivity index (χ1) is 8.24. The van der Waals surface area contributed by atoms with Gasteiger partial charge in [0, 0.05) is 12.0 Å². The smallest absolute Gasteiger partial charge is 0.226 e. The number of allylic oxidation sites excluding steroid dienone is 1. The van der Waals surface area contributed by atoms with Crippen molar-refractivity contribution in [2.45, 2.75) is 13.3 Å². The van der Waals surface area contributed by atoms with Gasteiger partial charge in [0.15, 0.2) is 0 Å². The van der Waals surface area contributed by atoms with Crippen LogP contribution in [0.4, 0.5) is 0 Å². The van der Waals surface area contributed by atoms with E-state index in [1.807, 2.05) is 37.3 Å². The predicted octanol–water partition coefficient (Wildman–Crippen LogP) is 3.39. The quantitative estimate of drug-likeness (QED) is 0.754. The average molecular weight is 229 g/mol. The van der Waals surface area contributed by atoms with Gasteiger partial charge in [-0.1, -0.05) is 6.08 Å². The summed E-state index contributed by atoms with van der Waals surface area (Å²) in [5, 5.41) is 0. The van der Waals surface area contributed by atoms with Crippen molar-refractivity contribution in [3.05, 3.63) is 48.4 Å². The number of oxazole rings is 1. The minimum absolute atomic E-state index is 0.641. The average Bonchev–Trinajstić information content (AvgIpc) is 2.72. The zero-order valence-corrected chi connectivity index (χ0v) is 10.1. The molecule has 0 bridgehead atoms. The molecule has 17 heavy (non-hydrogen) atoms. The van der Waals surface area contributed by atoms with Gasteiger partial charge in [0.05, 0.1) is 12.8 Å². The van der Waals surface area contributed by atoms with E-state index in [0.29, 0.717) is 5.89 Å². The first-order valence-corrected chi connectivity index (χ1v) is 5.46. The molecule has 0 aliphatic carbocycles. The zero-order valence-electron chi connectivity index (χ0n) is 10.1. The maximum absolute atomic E-state index is 5.63. The highest BCUT2D eigenvalue weighted by Crippen LogP contribution is 2.24. The van der Waals surface area contributed by atoms with E-state index < -0.39 is 0 Å². The zero-order chi connectivity index (χ0) is 12.3. The predicted molar refractivity (Wildman–Crippen MR) is 67.1 cm³/mol. The van der Waals surface area contributed by atoms with Gasteiger partial charge in [-0.2, -0.15) is 0 Å². The largest absolute Gasteiger partial charge is 0.497 e. The Morgan fingerprint density at radius 3 is 2.65 bits per heavy atom. The molecule has 2 aromatic rings. The van der Waals surface area contributed by atoms with E-state index >= 15 is 0 Å². The minimum atomic E-state index is 0.641. The van der Waals surface area contributed by atoms with E-state index in [4.69, 9.17) is 9.15 Å². The van der Waals surface area contributed by atoms with Crippen molar-refractivity contribution in [3.63, 3.8) is 0 Å². The topological polar surface area (TPSA) is 35.3 Å². The molecule has 0 spiro atoms. The second-order valence-corrected chi connectivity index (χ2v) is 3.74. The normalized spacial score (nSPS) is 10.2. The Kier molecular flexibility index (Phi) is 3.28. The SMILES string of the molecule is C=CCc1nc(-c2ccc(OC)cc2)oc1C. The van der Waals surface area contributed by atoms with Crippen LogP contribution in [0, 0.1) is 6.92 Å². The first-order valence-electron chi connectivity index (χ1n) is 5.46. The summed E-state index contributed by atoms with van der Waals surface area (Å²) in [4.78, 5) is 4.45. The number of hydrogen-bond acceptors (Lipinski definition) is 3. The number of nitrogens with zero attached hydrogens (tertiary/aromatic N) is 1. The Balaban J connectivity index is 2.32. The van der Waals surface area contributed by atoms with Gasteiger partial charge in [-0.3, -0.25) is 0 Å². The minimum Gasteiger partial charge on any atom is -0.497 e. The maximum atomic E-state index is 5.63. The molecule has 88 valence electrons. The lowest BCUT2D eigenvalue weighted by Crippen LogP contribution is -1.85. The lowest BCUT2D eigenvalue weighted by Gasteiger charge is -1.99. The number of aryl methyl sites for hydroxylation is 1. The van der Waals surface area contributed by atoms with E-state index in [2.05, 4.69) is 11.6 Å². The molecular formula is C14H15NO2. The fourth-order valence-electron chi connectivity index (χ4n) is 1.61. The van der Waals surface area contributed by atoms with Gasteiger partial charge in [-0.05, 0) is 31.2 Å². The third kappa shape index (κ3) is 2.38. The third-order valence-corrected chi connectivity index (χ3v) is 2.57. The Morgan fingerprint density at radius 1 is 1.35 bits per heavy atom. The summed E-state index contributed by atoms with van der Waals surface area (Å²) < 4.78 is 10.7. The lowest BCUT2D eigenvalue weighted by atomic mass is 10.2. The van der Waals surface area contributed by atoms with Gasteiger partial charge in [-0.15, -0.1) is 6.58 Å². The molecule has 3 nitrogen and oxygen atoms in total. The maximum Gasteiger partial charge on any atom is 0.226 e. The molecule has 2 rings (SSSR count). The van der Waals surface area contributed by atoms with Crippen LogP contribution >= 0.6 is 0 Å². The van der Waals surface area contributed by atoms with Gasteiger partial charge in [0.2, 0.25) is 5.89 Å². The number of aromatic nitrogens is 1. The second-order valence-electron chi connectivity index (χ2n) is 3.74. The molecule has 1 aromatic heterocycles. The highest BCUT2D eigenvalue weighted by Gasteiger charge is 2.10. The van der Waals surface area contributed by atoms with E-state index in [-0.39, 0.29) is 0 Å². The summed E-state index contributed by atoms with van der Waals surface area (Å²) >= 11 is 0. The molecule has 0 radical (unpaired) electrons. The monoisotopic (exact) mass is 229 g/mol. The van der Waals surface area contributed by atoms with Gasteiger partial charge >= 0.3 is 0 Å². The standard InChI is InChI=1S/C14H15NO2/c1-4-5-13-10(2)17-14(15-13)11-6-8-12(16-3)9-7-11/h4,6-9H,1,5H2,2-3H3. The van der Waals surface area contributed by atoms with E-state index in [1.165, 1.54) is 0 Å². The third-order valence-electron chi connectivity index (χ3n) is 2.57. The van der Waals surface area contributed by atoms with Crippen molar-refractivity contribution in [2.75, 3.05) is 7.11 Å². The summed E-state index contributed by atoms with van der Waals surface area (Å²) in [6.07, 6.45) is 2.55.